The number of piperidine rings is 1. The van der Waals surface area contributed by atoms with E-state index >= 15 is 0 Å². The summed E-state index contributed by atoms with van der Waals surface area (Å²) in [5.41, 5.74) is 3.19. The van der Waals surface area contributed by atoms with E-state index in [9.17, 15) is 4.79 Å². The van der Waals surface area contributed by atoms with Crippen LogP contribution in [0.5, 0.6) is 0 Å². The maximum absolute atomic E-state index is 12.5. The molecule has 1 aliphatic heterocycles. The zero-order valence-electron chi connectivity index (χ0n) is 16.6. The van der Waals surface area contributed by atoms with E-state index < -0.39 is 0 Å². The number of rotatable bonds is 6. The summed E-state index contributed by atoms with van der Waals surface area (Å²) in [4.78, 5) is 19.1. The Kier molecular flexibility index (Phi) is 5.79. The van der Waals surface area contributed by atoms with Crippen molar-refractivity contribution >= 4 is 23.0 Å². The number of aromatic nitrogens is 1. The Labute approximate surface area is 170 Å². The van der Waals surface area contributed by atoms with Gasteiger partial charge in [0, 0.05) is 24.5 Å². The van der Waals surface area contributed by atoms with Gasteiger partial charge in [-0.1, -0.05) is 6.92 Å². The maximum atomic E-state index is 12.5. The molecule has 0 bridgehead atoms. The van der Waals surface area contributed by atoms with Crippen LogP contribution < -0.4 is 15.5 Å². The highest BCUT2D eigenvalue weighted by molar-refractivity contribution is 6.03. The summed E-state index contributed by atoms with van der Waals surface area (Å²) in [7, 11) is 0. The van der Waals surface area contributed by atoms with Crippen LogP contribution in [0, 0.1) is 5.92 Å². The van der Waals surface area contributed by atoms with E-state index in [2.05, 4.69) is 39.6 Å². The highest BCUT2D eigenvalue weighted by Crippen LogP contribution is 2.24. The van der Waals surface area contributed by atoms with Crippen molar-refractivity contribution in [1.82, 2.24) is 4.98 Å². The van der Waals surface area contributed by atoms with Crippen molar-refractivity contribution < 1.29 is 9.21 Å². The standard InChI is InChI=1S/C23H26N4O2/c1-17-10-12-27(13-11-17)20-7-4-18(5-8-20)26-23(28)22-9-6-19(15-25-22)24-16-21-3-2-14-29-21/h2-9,14-15,17,24H,10-13,16H2,1H3,(H,26,28). The van der Waals surface area contributed by atoms with Crippen molar-refractivity contribution in [3.8, 4) is 0 Å². The zero-order valence-corrected chi connectivity index (χ0v) is 16.6. The van der Waals surface area contributed by atoms with Gasteiger partial charge in [0.05, 0.1) is 24.7 Å². The number of hydrogen-bond acceptors (Lipinski definition) is 5. The lowest BCUT2D eigenvalue weighted by Crippen LogP contribution is -2.32. The van der Waals surface area contributed by atoms with Crippen molar-refractivity contribution in [3.63, 3.8) is 0 Å². The summed E-state index contributed by atoms with van der Waals surface area (Å²) in [5.74, 6) is 1.43. The molecule has 1 fully saturated rings. The molecule has 3 aromatic rings. The minimum atomic E-state index is -0.220. The van der Waals surface area contributed by atoms with E-state index in [1.165, 1.54) is 18.5 Å². The summed E-state index contributed by atoms with van der Waals surface area (Å²) in [5, 5.41) is 6.12. The van der Waals surface area contributed by atoms with Gasteiger partial charge in [0.15, 0.2) is 0 Å². The fourth-order valence-corrected chi connectivity index (χ4v) is 3.45. The van der Waals surface area contributed by atoms with Crippen LogP contribution in [-0.4, -0.2) is 24.0 Å². The highest BCUT2D eigenvalue weighted by Gasteiger charge is 2.16. The van der Waals surface area contributed by atoms with E-state index in [0.717, 1.165) is 36.1 Å². The molecule has 0 atom stereocenters. The largest absolute Gasteiger partial charge is 0.467 e. The number of nitrogens with zero attached hydrogens (tertiary/aromatic N) is 2. The van der Waals surface area contributed by atoms with Crippen molar-refractivity contribution in [2.45, 2.75) is 26.3 Å². The number of hydrogen-bond donors (Lipinski definition) is 2. The molecule has 0 radical (unpaired) electrons. The summed E-state index contributed by atoms with van der Waals surface area (Å²) in [6, 6.07) is 15.3. The Morgan fingerprint density at radius 2 is 1.86 bits per heavy atom. The molecule has 6 heteroatoms. The van der Waals surface area contributed by atoms with Gasteiger partial charge in [0.2, 0.25) is 0 Å². The molecule has 2 aromatic heterocycles. The number of anilines is 3. The van der Waals surface area contributed by atoms with E-state index in [4.69, 9.17) is 4.42 Å². The molecule has 1 amide bonds. The second kappa shape index (κ2) is 8.82. The van der Waals surface area contributed by atoms with Crippen molar-refractivity contribution in [2.24, 2.45) is 5.92 Å². The molecule has 1 saturated heterocycles. The first-order chi connectivity index (χ1) is 14.2. The van der Waals surface area contributed by atoms with Gasteiger partial charge in [-0.05, 0) is 67.3 Å². The van der Waals surface area contributed by atoms with Crippen LogP contribution >= 0.6 is 0 Å². The van der Waals surface area contributed by atoms with Gasteiger partial charge in [-0.25, -0.2) is 4.98 Å². The van der Waals surface area contributed by atoms with Gasteiger partial charge in [-0.15, -0.1) is 0 Å². The number of nitrogens with one attached hydrogen (secondary N) is 2. The topological polar surface area (TPSA) is 70.4 Å². The average molecular weight is 390 g/mol. The fourth-order valence-electron chi connectivity index (χ4n) is 3.45. The Morgan fingerprint density at radius 3 is 2.52 bits per heavy atom. The third kappa shape index (κ3) is 4.96. The quantitative estimate of drug-likeness (QED) is 0.634. The third-order valence-corrected chi connectivity index (χ3v) is 5.32. The van der Waals surface area contributed by atoms with Gasteiger partial charge in [0.1, 0.15) is 11.5 Å². The first kappa shape index (κ1) is 19.1. The molecule has 29 heavy (non-hydrogen) atoms. The fraction of sp³-hybridized carbons (Fsp3) is 0.304. The molecule has 6 nitrogen and oxygen atoms in total. The monoisotopic (exact) mass is 390 g/mol. The van der Waals surface area contributed by atoms with Crippen molar-refractivity contribution in [2.75, 3.05) is 28.6 Å². The predicted octanol–water partition coefficient (Wildman–Crippen LogP) is 4.78. The minimum absolute atomic E-state index is 0.220. The van der Waals surface area contributed by atoms with Crippen LogP contribution in [-0.2, 0) is 6.54 Å². The van der Waals surface area contributed by atoms with Crippen LogP contribution in [0.15, 0.2) is 65.4 Å². The number of carbonyl (C=O) groups is 1. The van der Waals surface area contributed by atoms with E-state index in [1.54, 1.807) is 18.5 Å². The number of pyridine rings is 1. The molecule has 0 saturated carbocycles. The second-order valence-corrected chi connectivity index (χ2v) is 7.54. The van der Waals surface area contributed by atoms with Crippen LogP contribution in [0.4, 0.5) is 17.1 Å². The Bertz CT molecular complexity index is 913. The first-order valence-corrected chi connectivity index (χ1v) is 10.1. The summed E-state index contributed by atoms with van der Waals surface area (Å²) in [6.45, 7) is 5.07. The van der Waals surface area contributed by atoms with Crippen LogP contribution in [0.1, 0.15) is 36.0 Å². The Balaban J connectivity index is 1.31. The highest BCUT2D eigenvalue weighted by atomic mass is 16.3. The molecule has 0 spiro atoms. The molecule has 4 rings (SSSR count). The predicted molar refractivity (Wildman–Crippen MR) is 115 cm³/mol. The summed E-state index contributed by atoms with van der Waals surface area (Å²) < 4.78 is 5.29. The van der Waals surface area contributed by atoms with Gasteiger partial charge in [0.25, 0.3) is 5.91 Å². The molecule has 3 heterocycles. The van der Waals surface area contributed by atoms with Crippen molar-refractivity contribution in [1.29, 1.82) is 0 Å². The second-order valence-electron chi connectivity index (χ2n) is 7.54. The SMILES string of the molecule is CC1CCN(c2ccc(NC(=O)c3ccc(NCc4ccco4)cn3)cc2)CC1. The molecule has 150 valence electrons. The van der Waals surface area contributed by atoms with E-state index in [0.29, 0.717) is 12.2 Å². The van der Waals surface area contributed by atoms with Crippen LogP contribution in [0.3, 0.4) is 0 Å². The number of amides is 1. The average Bonchev–Trinajstić information content (AvgIpc) is 3.27. The van der Waals surface area contributed by atoms with Crippen LogP contribution in [0.2, 0.25) is 0 Å². The summed E-state index contributed by atoms with van der Waals surface area (Å²) >= 11 is 0. The molecule has 1 aromatic carbocycles. The van der Waals surface area contributed by atoms with E-state index in [-0.39, 0.29) is 5.91 Å². The smallest absolute Gasteiger partial charge is 0.274 e. The van der Waals surface area contributed by atoms with Gasteiger partial charge in [-0.2, -0.15) is 0 Å². The first-order valence-electron chi connectivity index (χ1n) is 10.1. The Morgan fingerprint density at radius 1 is 1.10 bits per heavy atom. The molecule has 1 aliphatic rings. The van der Waals surface area contributed by atoms with Crippen molar-refractivity contribution in [3.05, 3.63) is 72.4 Å². The lowest BCUT2D eigenvalue weighted by molar-refractivity contribution is 0.102. The third-order valence-electron chi connectivity index (χ3n) is 5.32. The lowest BCUT2D eigenvalue weighted by atomic mass is 9.99. The number of furan rings is 1. The normalized spacial score (nSPS) is 14.6. The molecular weight excluding hydrogens is 364 g/mol. The molecular formula is C23H26N4O2. The summed E-state index contributed by atoms with van der Waals surface area (Å²) in [6.07, 6.45) is 5.76. The zero-order chi connectivity index (χ0) is 20.1. The maximum Gasteiger partial charge on any atom is 0.274 e. The van der Waals surface area contributed by atoms with E-state index in [1.807, 2.05) is 30.3 Å². The van der Waals surface area contributed by atoms with Gasteiger partial charge < -0.3 is 20.0 Å². The molecule has 2 N–H and O–H groups in total. The lowest BCUT2D eigenvalue weighted by Gasteiger charge is -2.32. The molecule has 0 unspecified atom stereocenters. The van der Waals surface area contributed by atoms with Gasteiger partial charge >= 0.3 is 0 Å². The van der Waals surface area contributed by atoms with Crippen LogP contribution in [0.25, 0.3) is 0 Å². The Hall–Kier alpha value is -3.28. The number of carbonyl (C=O) groups excluding carboxylic acids is 1. The van der Waals surface area contributed by atoms with Gasteiger partial charge in [-0.3, -0.25) is 4.79 Å². The molecule has 0 aliphatic carbocycles. The number of benzene rings is 1. The minimum Gasteiger partial charge on any atom is -0.467 e.